The van der Waals surface area contributed by atoms with E-state index in [1.807, 2.05) is 0 Å². The van der Waals surface area contributed by atoms with Crippen LogP contribution >= 0.6 is 0 Å². The van der Waals surface area contributed by atoms with Gasteiger partial charge in [-0.15, -0.1) is 0 Å². The summed E-state index contributed by atoms with van der Waals surface area (Å²) in [5.74, 6) is -2.91. The Kier molecular flexibility index (Phi) is 4.11. The molecular weight excluding hydrogens is 296 g/mol. The molecule has 8 heteroatoms. The monoisotopic (exact) mass is 311 g/mol. The van der Waals surface area contributed by atoms with E-state index in [1.54, 1.807) is 12.2 Å². The Bertz CT molecular complexity index is 666. The van der Waals surface area contributed by atoms with E-state index < -0.39 is 35.5 Å². The second-order valence-electron chi connectivity index (χ2n) is 5.20. The third-order valence-corrected chi connectivity index (χ3v) is 3.46. The van der Waals surface area contributed by atoms with E-state index in [0.29, 0.717) is 0 Å². The van der Waals surface area contributed by atoms with Crippen LogP contribution in [0.25, 0.3) is 0 Å². The number of amides is 1. The zero-order chi connectivity index (χ0) is 16.5. The molecule has 0 spiro atoms. The highest BCUT2D eigenvalue weighted by Gasteiger charge is 2.39. The van der Waals surface area contributed by atoms with E-state index in [4.69, 9.17) is 0 Å². The van der Waals surface area contributed by atoms with Crippen molar-refractivity contribution in [2.45, 2.75) is 18.9 Å². The molecule has 0 bridgehead atoms. The molecular formula is C14H15F2N3O3. The van der Waals surface area contributed by atoms with Gasteiger partial charge in [-0.05, 0) is 6.92 Å². The van der Waals surface area contributed by atoms with Crippen LogP contribution in [0.1, 0.15) is 29.4 Å². The highest BCUT2D eigenvalue weighted by Crippen LogP contribution is 2.27. The fraction of sp³-hybridized carbons (Fsp3) is 0.357. The minimum atomic E-state index is -2.90. The highest BCUT2D eigenvalue weighted by atomic mass is 19.3. The minimum Gasteiger partial charge on any atom is -0.481 e. The van der Waals surface area contributed by atoms with E-state index in [2.05, 4.69) is 10.4 Å². The van der Waals surface area contributed by atoms with Crippen molar-refractivity contribution in [2.75, 3.05) is 0 Å². The van der Waals surface area contributed by atoms with Gasteiger partial charge in [0, 0.05) is 13.2 Å². The molecule has 6 nitrogen and oxygen atoms in total. The van der Waals surface area contributed by atoms with Gasteiger partial charge >= 0.3 is 5.97 Å². The zero-order valence-corrected chi connectivity index (χ0v) is 12.0. The molecule has 0 saturated heterocycles. The number of hydrogen-bond donors (Lipinski definition) is 2. The van der Waals surface area contributed by atoms with Gasteiger partial charge < -0.3 is 10.4 Å². The lowest BCUT2D eigenvalue weighted by Gasteiger charge is -2.33. The molecule has 1 aromatic heterocycles. The number of carboxylic acid groups (broad SMARTS) is 1. The Morgan fingerprint density at radius 1 is 1.45 bits per heavy atom. The van der Waals surface area contributed by atoms with Gasteiger partial charge in [0.15, 0.2) is 0 Å². The van der Waals surface area contributed by atoms with E-state index in [0.717, 1.165) is 4.68 Å². The van der Waals surface area contributed by atoms with Gasteiger partial charge in [0.1, 0.15) is 11.6 Å². The first-order chi connectivity index (χ1) is 10.2. The number of aromatic nitrogens is 2. The predicted octanol–water partition coefficient (Wildman–Crippen LogP) is 1.67. The number of aliphatic carboxylic acids is 1. The number of rotatable bonds is 4. The molecule has 1 aliphatic carbocycles. The van der Waals surface area contributed by atoms with Gasteiger partial charge in [-0.25, -0.2) is 8.78 Å². The first-order valence-corrected chi connectivity index (χ1v) is 6.47. The van der Waals surface area contributed by atoms with Crippen molar-refractivity contribution in [1.29, 1.82) is 0 Å². The van der Waals surface area contributed by atoms with Crippen LogP contribution in [0, 0.1) is 5.92 Å². The standard InChI is InChI=1S/C14H15F2N3O3/c1-14(6-4-3-5-9(14)13(21)22)17-12(20)8-7-19(2)18-10(8)11(15)16/h3-7,9,11H,1-2H3,(H,17,20)(H,21,22). The average Bonchev–Trinajstić information content (AvgIpc) is 2.81. The maximum atomic E-state index is 12.9. The number of aryl methyl sites for hydroxylation is 1. The van der Waals surface area contributed by atoms with Crippen LogP contribution < -0.4 is 5.32 Å². The lowest BCUT2D eigenvalue weighted by atomic mass is 9.82. The minimum absolute atomic E-state index is 0.272. The molecule has 0 radical (unpaired) electrons. The molecule has 22 heavy (non-hydrogen) atoms. The van der Waals surface area contributed by atoms with Crippen LogP contribution in [0.4, 0.5) is 8.78 Å². The molecule has 118 valence electrons. The number of carbonyl (C=O) groups is 2. The average molecular weight is 311 g/mol. The molecule has 2 unspecified atom stereocenters. The number of alkyl halides is 2. The van der Waals surface area contributed by atoms with Gasteiger partial charge in [0.25, 0.3) is 12.3 Å². The van der Waals surface area contributed by atoms with Crippen molar-refractivity contribution in [2.24, 2.45) is 13.0 Å². The molecule has 0 aromatic carbocycles. The van der Waals surface area contributed by atoms with Crippen LogP contribution in [-0.4, -0.2) is 32.3 Å². The van der Waals surface area contributed by atoms with Crippen molar-refractivity contribution in [3.05, 3.63) is 41.8 Å². The first-order valence-electron chi connectivity index (χ1n) is 6.47. The summed E-state index contributed by atoms with van der Waals surface area (Å²) >= 11 is 0. The summed E-state index contributed by atoms with van der Waals surface area (Å²) in [7, 11) is 1.42. The molecule has 2 atom stereocenters. The topological polar surface area (TPSA) is 84.2 Å². The summed E-state index contributed by atoms with van der Waals surface area (Å²) in [5.41, 5.74) is -2.12. The Labute approximate surface area is 125 Å². The molecule has 1 heterocycles. The van der Waals surface area contributed by atoms with E-state index in [1.165, 1.54) is 32.3 Å². The number of carbonyl (C=O) groups excluding carboxylic acids is 1. The van der Waals surface area contributed by atoms with E-state index in [-0.39, 0.29) is 5.56 Å². The number of nitrogens with zero attached hydrogens (tertiary/aromatic N) is 2. The Hall–Kier alpha value is -2.51. The largest absolute Gasteiger partial charge is 0.481 e. The summed E-state index contributed by atoms with van der Waals surface area (Å²) in [4.78, 5) is 23.6. The maximum absolute atomic E-state index is 12.9. The third kappa shape index (κ3) is 2.90. The number of hydrogen-bond acceptors (Lipinski definition) is 3. The Morgan fingerprint density at radius 3 is 2.73 bits per heavy atom. The van der Waals surface area contributed by atoms with Crippen molar-refractivity contribution in [1.82, 2.24) is 15.1 Å². The van der Waals surface area contributed by atoms with Crippen LogP contribution in [0.3, 0.4) is 0 Å². The van der Waals surface area contributed by atoms with Gasteiger partial charge in [0.05, 0.1) is 11.1 Å². The SMILES string of the molecule is Cn1cc(C(=O)NC2(C)C=CC=CC2C(=O)O)c(C(F)F)n1. The highest BCUT2D eigenvalue weighted by molar-refractivity contribution is 5.96. The van der Waals surface area contributed by atoms with Crippen molar-refractivity contribution < 1.29 is 23.5 Å². The van der Waals surface area contributed by atoms with Gasteiger partial charge in [-0.3, -0.25) is 14.3 Å². The smallest absolute Gasteiger partial charge is 0.313 e. The molecule has 1 amide bonds. The summed E-state index contributed by atoms with van der Waals surface area (Å²) in [6.45, 7) is 1.52. The molecule has 0 saturated carbocycles. The summed E-state index contributed by atoms with van der Waals surface area (Å²) < 4.78 is 26.9. The number of carboxylic acids is 1. The zero-order valence-electron chi connectivity index (χ0n) is 12.0. The molecule has 0 aliphatic heterocycles. The lowest BCUT2D eigenvalue weighted by Crippen LogP contribution is -2.52. The van der Waals surface area contributed by atoms with Crippen molar-refractivity contribution in [3.8, 4) is 0 Å². The Morgan fingerprint density at radius 2 is 2.14 bits per heavy atom. The van der Waals surface area contributed by atoms with Crippen LogP contribution in [-0.2, 0) is 11.8 Å². The van der Waals surface area contributed by atoms with Gasteiger partial charge in [-0.1, -0.05) is 24.3 Å². The Balaban J connectivity index is 2.30. The van der Waals surface area contributed by atoms with Crippen molar-refractivity contribution >= 4 is 11.9 Å². The molecule has 1 aromatic rings. The number of allylic oxidation sites excluding steroid dienone is 2. The third-order valence-electron chi connectivity index (χ3n) is 3.46. The number of nitrogens with one attached hydrogen (secondary N) is 1. The normalized spacial score (nSPS) is 23.8. The van der Waals surface area contributed by atoms with Gasteiger partial charge in [0.2, 0.25) is 0 Å². The molecule has 2 N–H and O–H groups in total. The first kappa shape index (κ1) is 15.9. The summed E-state index contributed by atoms with van der Waals surface area (Å²) in [5, 5.41) is 15.3. The predicted molar refractivity (Wildman–Crippen MR) is 73.4 cm³/mol. The summed E-state index contributed by atoms with van der Waals surface area (Å²) in [6, 6.07) is 0. The quantitative estimate of drug-likeness (QED) is 0.886. The van der Waals surface area contributed by atoms with Crippen LogP contribution in [0.2, 0.25) is 0 Å². The maximum Gasteiger partial charge on any atom is 0.313 e. The molecule has 0 fully saturated rings. The lowest BCUT2D eigenvalue weighted by molar-refractivity contribution is -0.141. The van der Waals surface area contributed by atoms with Gasteiger partial charge in [-0.2, -0.15) is 5.10 Å². The summed E-state index contributed by atoms with van der Waals surface area (Å²) in [6.07, 6.45) is 4.38. The van der Waals surface area contributed by atoms with Crippen LogP contribution in [0.15, 0.2) is 30.5 Å². The fourth-order valence-corrected chi connectivity index (χ4v) is 2.35. The molecule has 2 rings (SSSR count). The van der Waals surface area contributed by atoms with E-state index in [9.17, 15) is 23.5 Å². The number of halogens is 2. The second-order valence-corrected chi connectivity index (χ2v) is 5.20. The van der Waals surface area contributed by atoms with Crippen molar-refractivity contribution in [3.63, 3.8) is 0 Å². The van der Waals surface area contributed by atoms with Crippen LogP contribution in [0.5, 0.6) is 0 Å². The fourth-order valence-electron chi connectivity index (χ4n) is 2.35. The van der Waals surface area contributed by atoms with E-state index >= 15 is 0 Å². The molecule has 1 aliphatic rings. The second kappa shape index (κ2) is 5.70.